The molecule has 4 heterocycles. The standard InChI is InChI=1S/C20H27N3O5/c1-26-13-18(24)22-9-5-15(6-10-22)16-3-2-4-17(21-16)23-14-20(28-19(23)25)7-11-27-12-8-20/h2-4,15H,5-14H2,1H3. The lowest BCUT2D eigenvalue weighted by atomic mass is 9.93. The molecular weight excluding hydrogens is 362 g/mol. The van der Waals surface area contributed by atoms with E-state index in [0.717, 1.165) is 31.4 Å². The maximum Gasteiger partial charge on any atom is 0.416 e. The van der Waals surface area contributed by atoms with E-state index in [2.05, 4.69) is 0 Å². The molecule has 1 spiro atoms. The first-order valence-corrected chi connectivity index (χ1v) is 9.92. The Morgan fingerprint density at radius 2 is 2.04 bits per heavy atom. The van der Waals surface area contributed by atoms with E-state index >= 15 is 0 Å². The van der Waals surface area contributed by atoms with E-state index in [1.165, 1.54) is 7.11 Å². The van der Waals surface area contributed by atoms with Gasteiger partial charge in [-0.15, -0.1) is 0 Å². The predicted molar refractivity (Wildman–Crippen MR) is 101 cm³/mol. The van der Waals surface area contributed by atoms with Crippen molar-refractivity contribution in [3.63, 3.8) is 0 Å². The number of pyridine rings is 1. The minimum atomic E-state index is -0.444. The Morgan fingerprint density at radius 1 is 1.29 bits per heavy atom. The van der Waals surface area contributed by atoms with Crippen LogP contribution in [-0.4, -0.2) is 74.1 Å². The average Bonchev–Trinajstić information content (AvgIpc) is 3.04. The predicted octanol–water partition coefficient (Wildman–Crippen LogP) is 1.94. The van der Waals surface area contributed by atoms with Crippen molar-refractivity contribution in [1.82, 2.24) is 9.88 Å². The number of amides is 2. The number of hydrogen-bond acceptors (Lipinski definition) is 6. The molecule has 0 N–H and O–H groups in total. The molecule has 0 atom stereocenters. The number of likely N-dealkylation sites (tertiary alicyclic amines) is 1. The molecule has 1 aromatic heterocycles. The van der Waals surface area contributed by atoms with Crippen molar-refractivity contribution in [3.05, 3.63) is 23.9 Å². The second-order valence-corrected chi connectivity index (χ2v) is 7.76. The molecule has 3 aliphatic heterocycles. The first-order valence-electron chi connectivity index (χ1n) is 9.92. The number of aromatic nitrogens is 1. The van der Waals surface area contributed by atoms with Gasteiger partial charge in [-0.1, -0.05) is 6.07 Å². The number of piperidine rings is 1. The second-order valence-electron chi connectivity index (χ2n) is 7.76. The van der Waals surface area contributed by atoms with Crippen molar-refractivity contribution in [1.29, 1.82) is 0 Å². The number of carbonyl (C=O) groups excluding carboxylic acids is 2. The van der Waals surface area contributed by atoms with Crippen LogP contribution < -0.4 is 4.90 Å². The molecule has 0 saturated carbocycles. The van der Waals surface area contributed by atoms with Gasteiger partial charge in [0.05, 0.1) is 19.8 Å². The Bertz CT molecular complexity index is 726. The number of rotatable bonds is 4. The zero-order valence-corrected chi connectivity index (χ0v) is 16.3. The zero-order valence-electron chi connectivity index (χ0n) is 16.3. The van der Waals surface area contributed by atoms with Gasteiger partial charge in [-0.05, 0) is 25.0 Å². The van der Waals surface area contributed by atoms with Gasteiger partial charge < -0.3 is 19.1 Å². The van der Waals surface area contributed by atoms with Gasteiger partial charge >= 0.3 is 6.09 Å². The van der Waals surface area contributed by atoms with Crippen LogP contribution in [0.3, 0.4) is 0 Å². The van der Waals surface area contributed by atoms with Gasteiger partial charge in [-0.3, -0.25) is 9.69 Å². The van der Waals surface area contributed by atoms with Gasteiger partial charge in [0.1, 0.15) is 18.0 Å². The Morgan fingerprint density at radius 3 is 2.75 bits per heavy atom. The normalized spacial score (nSPS) is 22.5. The lowest BCUT2D eigenvalue weighted by Gasteiger charge is -2.32. The van der Waals surface area contributed by atoms with Crippen LogP contribution in [0.25, 0.3) is 0 Å². The Balaban J connectivity index is 1.43. The highest BCUT2D eigenvalue weighted by Crippen LogP contribution is 2.35. The number of nitrogens with zero attached hydrogens (tertiary/aromatic N) is 3. The molecule has 8 nitrogen and oxygen atoms in total. The van der Waals surface area contributed by atoms with Crippen LogP contribution >= 0.6 is 0 Å². The SMILES string of the molecule is COCC(=O)N1CCC(c2cccc(N3CC4(CCOCC4)OC3=O)n2)CC1. The topological polar surface area (TPSA) is 81.2 Å². The summed E-state index contributed by atoms with van der Waals surface area (Å²) in [5, 5.41) is 0. The molecule has 3 fully saturated rings. The number of anilines is 1. The monoisotopic (exact) mass is 389 g/mol. The minimum Gasteiger partial charge on any atom is -0.440 e. The minimum absolute atomic E-state index is 0.0317. The molecular formula is C20H27N3O5. The highest BCUT2D eigenvalue weighted by Gasteiger charge is 2.47. The third-order valence-corrected chi connectivity index (χ3v) is 5.94. The fourth-order valence-corrected chi connectivity index (χ4v) is 4.26. The van der Waals surface area contributed by atoms with Gasteiger partial charge in [0, 0.05) is 44.7 Å². The molecule has 0 unspecified atom stereocenters. The van der Waals surface area contributed by atoms with Gasteiger partial charge in [-0.25, -0.2) is 9.78 Å². The van der Waals surface area contributed by atoms with E-state index in [-0.39, 0.29) is 24.5 Å². The summed E-state index contributed by atoms with van der Waals surface area (Å²) in [6, 6.07) is 5.81. The molecule has 0 radical (unpaired) electrons. The third-order valence-electron chi connectivity index (χ3n) is 5.94. The molecule has 1 aromatic rings. The van der Waals surface area contributed by atoms with Crippen molar-refractivity contribution in [2.24, 2.45) is 0 Å². The average molecular weight is 389 g/mol. The molecule has 0 aliphatic carbocycles. The molecule has 3 aliphatic rings. The molecule has 0 aromatic carbocycles. The first-order chi connectivity index (χ1) is 13.6. The lowest BCUT2D eigenvalue weighted by Crippen LogP contribution is -2.40. The van der Waals surface area contributed by atoms with Crippen molar-refractivity contribution in [2.75, 3.05) is 51.5 Å². The van der Waals surface area contributed by atoms with E-state index < -0.39 is 5.60 Å². The molecule has 2 amide bonds. The van der Waals surface area contributed by atoms with E-state index in [4.69, 9.17) is 19.2 Å². The van der Waals surface area contributed by atoms with Crippen LogP contribution in [0.2, 0.25) is 0 Å². The van der Waals surface area contributed by atoms with Crippen LogP contribution in [-0.2, 0) is 19.0 Å². The number of hydrogen-bond donors (Lipinski definition) is 0. The highest BCUT2D eigenvalue weighted by molar-refractivity contribution is 5.89. The van der Waals surface area contributed by atoms with Crippen LogP contribution in [0.15, 0.2) is 18.2 Å². The fraction of sp³-hybridized carbons (Fsp3) is 0.650. The number of methoxy groups -OCH3 is 1. The van der Waals surface area contributed by atoms with E-state index in [1.807, 2.05) is 23.1 Å². The van der Waals surface area contributed by atoms with E-state index in [0.29, 0.717) is 38.7 Å². The van der Waals surface area contributed by atoms with Crippen molar-refractivity contribution < 1.29 is 23.8 Å². The van der Waals surface area contributed by atoms with Crippen LogP contribution in [0.4, 0.5) is 10.6 Å². The maximum atomic E-state index is 12.5. The summed E-state index contributed by atoms with van der Waals surface area (Å²) in [7, 11) is 1.54. The Hall–Kier alpha value is -2.19. The summed E-state index contributed by atoms with van der Waals surface area (Å²) in [6.45, 7) is 3.29. The Labute approximate surface area is 164 Å². The molecule has 4 rings (SSSR count). The summed E-state index contributed by atoms with van der Waals surface area (Å²) in [6.07, 6.45) is 2.84. The van der Waals surface area contributed by atoms with Gasteiger partial charge in [0.2, 0.25) is 5.91 Å². The number of carbonyl (C=O) groups is 2. The van der Waals surface area contributed by atoms with Crippen molar-refractivity contribution >= 4 is 17.8 Å². The molecule has 8 heteroatoms. The molecule has 28 heavy (non-hydrogen) atoms. The summed E-state index contributed by atoms with van der Waals surface area (Å²) in [4.78, 5) is 32.7. The quantitative estimate of drug-likeness (QED) is 0.783. The molecule has 0 bridgehead atoms. The van der Waals surface area contributed by atoms with Crippen LogP contribution in [0, 0.1) is 0 Å². The largest absolute Gasteiger partial charge is 0.440 e. The smallest absolute Gasteiger partial charge is 0.416 e. The molecule has 152 valence electrons. The number of ether oxygens (including phenoxy) is 3. The summed E-state index contributed by atoms with van der Waals surface area (Å²) in [5.41, 5.74) is 0.525. The first kappa shape index (κ1) is 19.1. The van der Waals surface area contributed by atoms with Crippen molar-refractivity contribution in [3.8, 4) is 0 Å². The Kier molecular flexibility index (Phi) is 5.50. The fourth-order valence-electron chi connectivity index (χ4n) is 4.26. The van der Waals surface area contributed by atoms with Gasteiger partial charge in [-0.2, -0.15) is 0 Å². The maximum absolute atomic E-state index is 12.5. The summed E-state index contributed by atoms with van der Waals surface area (Å²) >= 11 is 0. The van der Waals surface area contributed by atoms with E-state index in [1.54, 1.807) is 4.90 Å². The van der Waals surface area contributed by atoms with Crippen LogP contribution in [0.5, 0.6) is 0 Å². The summed E-state index contributed by atoms with van der Waals surface area (Å²) < 4.78 is 16.1. The van der Waals surface area contributed by atoms with E-state index in [9.17, 15) is 9.59 Å². The van der Waals surface area contributed by atoms with Crippen LogP contribution in [0.1, 0.15) is 37.3 Å². The highest BCUT2D eigenvalue weighted by atomic mass is 16.6. The molecule has 3 saturated heterocycles. The zero-order chi connectivity index (χ0) is 19.6. The van der Waals surface area contributed by atoms with Gasteiger partial charge in [0.15, 0.2) is 0 Å². The lowest BCUT2D eigenvalue weighted by molar-refractivity contribution is -0.136. The second kappa shape index (κ2) is 8.05. The summed E-state index contributed by atoms with van der Waals surface area (Å²) in [5.74, 6) is 0.954. The third kappa shape index (κ3) is 3.84. The van der Waals surface area contributed by atoms with Crippen molar-refractivity contribution in [2.45, 2.75) is 37.2 Å². The van der Waals surface area contributed by atoms with Gasteiger partial charge in [0.25, 0.3) is 0 Å².